The fraction of sp³-hybridized carbons (Fsp3) is 0.125. The molecule has 0 radical (unpaired) electrons. The number of carbonyl (C=O) groups excluding carboxylic acids is 2. The highest BCUT2D eigenvalue weighted by Gasteiger charge is 2.23. The van der Waals surface area contributed by atoms with E-state index in [1.54, 1.807) is 48.5 Å². The lowest BCUT2D eigenvalue weighted by atomic mass is 10.1. The molecule has 0 aliphatic rings. The van der Waals surface area contributed by atoms with Gasteiger partial charge in [-0.15, -0.1) is 0 Å². The van der Waals surface area contributed by atoms with Gasteiger partial charge in [-0.05, 0) is 35.9 Å². The van der Waals surface area contributed by atoms with Gasteiger partial charge < -0.3 is 10.5 Å². The first-order valence-electron chi connectivity index (χ1n) is 10.2. The second-order valence-corrected chi connectivity index (χ2v) is 7.91. The van der Waals surface area contributed by atoms with Crippen LogP contribution in [0.3, 0.4) is 0 Å². The number of ketones is 1. The summed E-state index contributed by atoms with van der Waals surface area (Å²) in [5.41, 5.74) is 5.67. The maximum atomic E-state index is 12.8. The molecular formula is C24H19ClN4O5. The molecule has 34 heavy (non-hydrogen) atoms. The number of carbonyl (C=O) groups is 2. The van der Waals surface area contributed by atoms with Gasteiger partial charge in [-0.25, -0.2) is 14.6 Å². The van der Waals surface area contributed by atoms with Crippen LogP contribution in [0.4, 0.5) is 5.82 Å². The number of Topliss-reactive ketones (excluding diaryl/α,β-unsaturated/α-hetero) is 1. The first kappa shape index (κ1) is 22.9. The molecule has 0 unspecified atom stereocenters. The number of hydrogen-bond acceptors (Lipinski definition) is 7. The zero-order valence-corrected chi connectivity index (χ0v) is 18.8. The highest BCUT2D eigenvalue weighted by Crippen LogP contribution is 2.18. The maximum Gasteiger partial charge on any atom is 0.338 e. The predicted molar refractivity (Wildman–Crippen MR) is 127 cm³/mol. The predicted octanol–water partition coefficient (Wildman–Crippen LogP) is 2.42. The number of fused-ring (bicyclic) bond motifs is 1. The number of nitrogens with zero attached hydrogens (tertiary/aromatic N) is 3. The van der Waals surface area contributed by atoms with Crippen molar-refractivity contribution in [1.82, 2.24) is 14.1 Å². The van der Waals surface area contributed by atoms with Crippen LogP contribution in [0.15, 0.2) is 70.3 Å². The van der Waals surface area contributed by atoms with Crippen LogP contribution >= 0.6 is 11.6 Å². The van der Waals surface area contributed by atoms with Crippen LogP contribution in [0.1, 0.15) is 26.3 Å². The summed E-state index contributed by atoms with van der Waals surface area (Å²) in [5.74, 6) is -1.87. The van der Waals surface area contributed by atoms with Crippen molar-refractivity contribution < 1.29 is 14.3 Å². The Morgan fingerprint density at radius 3 is 2.53 bits per heavy atom. The third-order valence-corrected chi connectivity index (χ3v) is 5.48. The van der Waals surface area contributed by atoms with Gasteiger partial charge in [0, 0.05) is 12.4 Å². The minimum absolute atomic E-state index is 0.0643. The SMILES string of the molecule is Cn1c(=O)c(C(=O)COC(=O)c2ccc3nc(Cl)ccc3c2)c(N)n(Cc2ccccc2)c1=O. The number of anilines is 1. The summed E-state index contributed by atoms with van der Waals surface area (Å²) >= 11 is 5.87. The summed E-state index contributed by atoms with van der Waals surface area (Å²) in [7, 11) is 1.25. The number of nitrogens with two attached hydrogens (primary N) is 1. The molecule has 0 aliphatic carbocycles. The molecule has 2 N–H and O–H groups in total. The monoisotopic (exact) mass is 478 g/mol. The van der Waals surface area contributed by atoms with E-state index in [-0.39, 0.29) is 17.9 Å². The molecule has 0 bridgehead atoms. The Bertz CT molecular complexity index is 1540. The van der Waals surface area contributed by atoms with Crippen molar-refractivity contribution >= 4 is 40.1 Å². The van der Waals surface area contributed by atoms with Gasteiger partial charge in [0.25, 0.3) is 5.56 Å². The molecule has 4 rings (SSSR count). The molecule has 2 aromatic carbocycles. The van der Waals surface area contributed by atoms with E-state index in [1.807, 2.05) is 6.07 Å². The van der Waals surface area contributed by atoms with Crippen molar-refractivity contribution in [3.63, 3.8) is 0 Å². The second kappa shape index (κ2) is 9.32. The van der Waals surface area contributed by atoms with Gasteiger partial charge >= 0.3 is 11.7 Å². The van der Waals surface area contributed by atoms with Gasteiger partial charge in [0.15, 0.2) is 6.61 Å². The molecule has 2 heterocycles. The molecular weight excluding hydrogens is 460 g/mol. The molecule has 0 spiro atoms. The van der Waals surface area contributed by atoms with Crippen molar-refractivity contribution in [3.8, 4) is 0 Å². The van der Waals surface area contributed by atoms with Crippen LogP contribution in [-0.4, -0.2) is 32.5 Å². The van der Waals surface area contributed by atoms with E-state index in [2.05, 4.69) is 4.98 Å². The average Bonchev–Trinajstić information content (AvgIpc) is 2.84. The molecule has 0 amide bonds. The van der Waals surface area contributed by atoms with Crippen molar-refractivity contribution in [3.05, 3.63) is 103 Å². The Hall–Kier alpha value is -4.24. The fourth-order valence-electron chi connectivity index (χ4n) is 3.48. The Morgan fingerprint density at radius 1 is 1.06 bits per heavy atom. The van der Waals surface area contributed by atoms with E-state index in [0.717, 1.165) is 14.7 Å². The fourth-order valence-corrected chi connectivity index (χ4v) is 3.63. The molecule has 9 nitrogen and oxygen atoms in total. The first-order valence-corrected chi connectivity index (χ1v) is 10.5. The Labute approximate surface area is 198 Å². The Morgan fingerprint density at radius 2 is 1.79 bits per heavy atom. The minimum atomic E-state index is -0.860. The van der Waals surface area contributed by atoms with Crippen LogP contribution in [0.2, 0.25) is 5.15 Å². The van der Waals surface area contributed by atoms with Crippen molar-refractivity contribution in [1.29, 1.82) is 0 Å². The highest BCUT2D eigenvalue weighted by molar-refractivity contribution is 6.29. The van der Waals surface area contributed by atoms with Gasteiger partial charge in [-0.3, -0.25) is 18.7 Å². The lowest BCUT2D eigenvalue weighted by molar-refractivity contribution is 0.0474. The normalized spacial score (nSPS) is 10.9. The van der Waals surface area contributed by atoms with Crippen molar-refractivity contribution in [2.75, 3.05) is 12.3 Å². The average molecular weight is 479 g/mol. The van der Waals surface area contributed by atoms with Crippen LogP contribution < -0.4 is 17.0 Å². The zero-order valence-electron chi connectivity index (χ0n) is 18.0. The number of halogens is 1. The molecule has 0 saturated carbocycles. The van der Waals surface area contributed by atoms with Crippen LogP contribution in [0.5, 0.6) is 0 Å². The van der Waals surface area contributed by atoms with Gasteiger partial charge in [0.05, 0.1) is 17.6 Å². The second-order valence-electron chi connectivity index (χ2n) is 7.52. The van der Waals surface area contributed by atoms with Crippen LogP contribution in [0.25, 0.3) is 10.9 Å². The van der Waals surface area contributed by atoms with E-state index in [9.17, 15) is 19.2 Å². The smallest absolute Gasteiger partial charge is 0.338 e. The van der Waals surface area contributed by atoms with Gasteiger partial charge in [0.1, 0.15) is 16.5 Å². The first-order chi connectivity index (χ1) is 16.3. The van der Waals surface area contributed by atoms with Crippen LogP contribution in [0, 0.1) is 0 Å². The summed E-state index contributed by atoms with van der Waals surface area (Å²) < 4.78 is 7.06. The summed E-state index contributed by atoms with van der Waals surface area (Å²) in [5, 5.41) is 0.984. The lowest BCUT2D eigenvalue weighted by Crippen LogP contribution is -2.43. The molecule has 0 aliphatic heterocycles. The molecule has 2 aromatic heterocycles. The topological polar surface area (TPSA) is 126 Å². The summed E-state index contributed by atoms with van der Waals surface area (Å²) in [6.45, 7) is -0.659. The number of esters is 1. The minimum Gasteiger partial charge on any atom is -0.454 e. The number of ether oxygens (including phenoxy) is 1. The van der Waals surface area contributed by atoms with Gasteiger partial charge in [-0.1, -0.05) is 41.9 Å². The van der Waals surface area contributed by atoms with Crippen molar-refractivity contribution in [2.45, 2.75) is 6.54 Å². The quantitative estimate of drug-likeness (QED) is 0.256. The third kappa shape index (κ3) is 4.46. The number of pyridine rings is 1. The van der Waals surface area contributed by atoms with Crippen LogP contribution in [-0.2, 0) is 18.3 Å². The third-order valence-electron chi connectivity index (χ3n) is 5.27. The zero-order chi connectivity index (χ0) is 24.4. The van der Waals surface area contributed by atoms with E-state index in [1.165, 1.54) is 13.1 Å². The van der Waals surface area contributed by atoms with Crippen molar-refractivity contribution in [2.24, 2.45) is 7.05 Å². The number of nitrogen functional groups attached to an aromatic ring is 1. The largest absolute Gasteiger partial charge is 0.454 e. The van der Waals surface area contributed by atoms with Gasteiger partial charge in [-0.2, -0.15) is 0 Å². The van der Waals surface area contributed by atoms with E-state index >= 15 is 0 Å². The highest BCUT2D eigenvalue weighted by atomic mass is 35.5. The molecule has 0 atom stereocenters. The van der Waals surface area contributed by atoms with E-state index in [0.29, 0.717) is 16.1 Å². The molecule has 0 fully saturated rings. The summed E-state index contributed by atoms with van der Waals surface area (Å²) in [4.78, 5) is 54.7. The standard InChI is InChI=1S/C24H19ClN4O5/c1-28-22(31)20(21(26)29(24(28)33)12-14-5-3-2-4-6-14)18(30)13-34-23(32)16-7-9-17-15(11-16)8-10-19(25)27-17/h2-11H,12-13,26H2,1H3. The number of rotatable bonds is 6. The Kier molecular flexibility index (Phi) is 6.29. The number of hydrogen-bond donors (Lipinski definition) is 1. The Balaban J connectivity index is 1.58. The lowest BCUT2D eigenvalue weighted by Gasteiger charge is -2.14. The molecule has 172 valence electrons. The van der Waals surface area contributed by atoms with E-state index in [4.69, 9.17) is 22.1 Å². The van der Waals surface area contributed by atoms with E-state index < -0.39 is 35.2 Å². The van der Waals surface area contributed by atoms with Gasteiger partial charge in [0.2, 0.25) is 5.78 Å². The summed E-state index contributed by atoms with van der Waals surface area (Å²) in [6.07, 6.45) is 0. The number of aromatic nitrogens is 3. The molecule has 0 saturated heterocycles. The summed E-state index contributed by atoms with van der Waals surface area (Å²) in [6, 6.07) is 16.9. The molecule has 10 heteroatoms. The number of benzene rings is 2. The maximum absolute atomic E-state index is 12.8. The molecule has 4 aromatic rings.